The van der Waals surface area contributed by atoms with Crippen molar-refractivity contribution >= 4 is 39.0 Å². The number of nitrogens with one attached hydrogen (secondary N) is 1. The first kappa shape index (κ1) is 22.6. The first-order chi connectivity index (χ1) is 16.3. The average Bonchev–Trinajstić information content (AvgIpc) is 2.94. The van der Waals surface area contributed by atoms with E-state index in [9.17, 15) is 9.59 Å². The van der Waals surface area contributed by atoms with Gasteiger partial charge in [0.2, 0.25) is 5.91 Å². The van der Waals surface area contributed by atoms with Gasteiger partial charge in [-0.25, -0.2) is 0 Å². The number of hydrogen-bond donors (Lipinski definition) is 1. The molecular formula is C29H27BrN2O2. The Balaban J connectivity index is 1.72. The molecule has 0 saturated heterocycles. The van der Waals surface area contributed by atoms with Crippen LogP contribution in [-0.4, -0.2) is 11.7 Å². The van der Waals surface area contributed by atoms with Crippen LogP contribution in [0, 0.1) is 5.41 Å². The Morgan fingerprint density at radius 2 is 1.65 bits per heavy atom. The zero-order valence-electron chi connectivity index (χ0n) is 19.3. The average molecular weight is 515 g/mol. The summed E-state index contributed by atoms with van der Waals surface area (Å²) < 4.78 is 0.955. The van der Waals surface area contributed by atoms with Crippen molar-refractivity contribution in [1.29, 1.82) is 0 Å². The zero-order chi connectivity index (χ0) is 23.9. The van der Waals surface area contributed by atoms with Crippen LogP contribution in [0.5, 0.6) is 0 Å². The SMILES string of the molecule is CC1(C)CC(=O)C2=C(C1)Nc1ccccc1N(C(=O)Cc1ccccc1)C2c1ccc(Br)cc1. The predicted octanol–water partition coefficient (Wildman–Crippen LogP) is 6.83. The highest BCUT2D eigenvalue weighted by atomic mass is 79.9. The van der Waals surface area contributed by atoms with Crippen LogP contribution in [-0.2, 0) is 16.0 Å². The molecule has 5 heteroatoms. The molecule has 34 heavy (non-hydrogen) atoms. The summed E-state index contributed by atoms with van der Waals surface area (Å²) in [5.74, 6) is 0.0525. The van der Waals surface area contributed by atoms with E-state index in [-0.39, 0.29) is 23.5 Å². The number of carbonyl (C=O) groups excluding carboxylic acids is 2. The van der Waals surface area contributed by atoms with Crippen molar-refractivity contribution in [3.05, 3.63) is 106 Å². The number of fused-ring (bicyclic) bond motifs is 1. The van der Waals surface area contributed by atoms with E-state index in [0.717, 1.165) is 39.1 Å². The number of carbonyl (C=O) groups is 2. The summed E-state index contributed by atoms with van der Waals surface area (Å²) in [5.41, 5.74) is 4.96. The van der Waals surface area contributed by atoms with Gasteiger partial charge in [0.1, 0.15) is 0 Å². The fourth-order valence-electron chi connectivity index (χ4n) is 5.08. The summed E-state index contributed by atoms with van der Waals surface area (Å²) in [6, 6.07) is 25.1. The van der Waals surface area contributed by atoms with Crippen molar-refractivity contribution in [1.82, 2.24) is 0 Å². The molecule has 1 aliphatic heterocycles. The van der Waals surface area contributed by atoms with Crippen molar-refractivity contribution < 1.29 is 9.59 Å². The second-order valence-electron chi connectivity index (χ2n) is 9.86. The molecule has 3 aromatic carbocycles. The van der Waals surface area contributed by atoms with Gasteiger partial charge >= 0.3 is 0 Å². The molecule has 0 spiro atoms. The number of benzene rings is 3. The standard InChI is InChI=1S/C29H27BrN2O2/c1-29(2)17-23-27(25(33)18-29)28(20-12-14-21(30)15-13-20)32(24-11-7-6-10-22(24)31-23)26(34)16-19-8-4-3-5-9-19/h3-15,28,31H,16-18H2,1-2H3. The zero-order valence-corrected chi connectivity index (χ0v) is 20.9. The van der Waals surface area contributed by atoms with E-state index < -0.39 is 6.04 Å². The summed E-state index contributed by atoms with van der Waals surface area (Å²) in [6.45, 7) is 4.25. The molecule has 1 heterocycles. The minimum Gasteiger partial charge on any atom is -0.357 e. The van der Waals surface area contributed by atoms with Crippen molar-refractivity contribution in [3.8, 4) is 0 Å². The summed E-state index contributed by atoms with van der Waals surface area (Å²) in [5, 5.41) is 3.56. The van der Waals surface area contributed by atoms with Gasteiger partial charge in [0.05, 0.1) is 23.8 Å². The number of rotatable bonds is 3. The molecule has 1 N–H and O–H groups in total. The minimum absolute atomic E-state index is 0.0419. The van der Waals surface area contributed by atoms with Gasteiger partial charge in [-0.3, -0.25) is 14.5 Å². The topological polar surface area (TPSA) is 49.4 Å². The lowest BCUT2D eigenvalue weighted by molar-refractivity contribution is -0.119. The molecule has 1 aliphatic carbocycles. The second-order valence-corrected chi connectivity index (χ2v) is 10.8. The van der Waals surface area contributed by atoms with Gasteiger partial charge in [0.25, 0.3) is 0 Å². The molecule has 0 radical (unpaired) electrons. The van der Waals surface area contributed by atoms with Crippen molar-refractivity contribution in [2.24, 2.45) is 5.41 Å². The lowest BCUT2D eigenvalue weighted by Gasteiger charge is -2.37. The van der Waals surface area contributed by atoms with Crippen molar-refractivity contribution in [2.75, 3.05) is 10.2 Å². The molecule has 1 atom stereocenters. The number of para-hydroxylation sites is 2. The highest BCUT2D eigenvalue weighted by molar-refractivity contribution is 9.10. The van der Waals surface area contributed by atoms with Gasteiger partial charge < -0.3 is 5.32 Å². The van der Waals surface area contributed by atoms with E-state index in [2.05, 4.69) is 35.1 Å². The second kappa shape index (κ2) is 8.88. The molecule has 2 aliphatic rings. The highest BCUT2D eigenvalue weighted by Gasteiger charge is 2.43. The monoisotopic (exact) mass is 514 g/mol. The molecule has 0 aromatic heterocycles. The first-order valence-corrected chi connectivity index (χ1v) is 12.4. The molecule has 3 aromatic rings. The van der Waals surface area contributed by atoms with Crippen LogP contribution >= 0.6 is 15.9 Å². The van der Waals surface area contributed by atoms with Crippen LogP contribution in [0.1, 0.15) is 43.9 Å². The number of amides is 1. The highest BCUT2D eigenvalue weighted by Crippen LogP contribution is 2.48. The third kappa shape index (κ3) is 4.32. The van der Waals surface area contributed by atoms with Crippen molar-refractivity contribution in [3.63, 3.8) is 0 Å². The maximum absolute atomic E-state index is 14.0. The molecular weight excluding hydrogens is 488 g/mol. The Labute approximate surface area is 208 Å². The van der Waals surface area contributed by atoms with Crippen LogP contribution < -0.4 is 10.2 Å². The molecule has 4 nitrogen and oxygen atoms in total. The molecule has 1 unspecified atom stereocenters. The third-order valence-electron chi connectivity index (χ3n) is 6.55. The van der Waals surface area contributed by atoms with E-state index in [1.54, 1.807) is 0 Å². The van der Waals surface area contributed by atoms with E-state index in [1.807, 2.05) is 83.8 Å². The maximum atomic E-state index is 14.0. The normalized spacial score (nSPS) is 19.1. The summed E-state index contributed by atoms with van der Waals surface area (Å²) in [6.07, 6.45) is 1.46. The number of Topliss-reactive ketones (excluding diaryl/α,β-unsaturated/α-hetero) is 1. The number of anilines is 2. The van der Waals surface area contributed by atoms with E-state index >= 15 is 0 Å². The van der Waals surface area contributed by atoms with Gasteiger partial charge in [-0.2, -0.15) is 0 Å². The van der Waals surface area contributed by atoms with E-state index in [0.29, 0.717) is 12.0 Å². The molecule has 172 valence electrons. The molecule has 5 rings (SSSR count). The van der Waals surface area contributed by atoms with Crippen LogP contribution in [0.15, 0.2) is 94.6 Å². The van der Waals surface area contributed by atoms with Gasteiger partial charge in [-0.1, -0.05) is 84.4 Å². The van der Waals surface area contributed by atoms with Crippen LogP contribution in [0.4, 0.5) is 11.4 Å². The molecule has 0 fully saturated rings. The Morgan fingerprint density at radius 1 is 0.971 bits per heavy atom. The number of allylic oxidation sites excluding steroid dienone is 1. The Bertz CT molecular complexity index is 1280. The quantitative estimate of drug-likeness (QED) is 0.416. The lowest BCUT2D eigenvalue weighted by atomic mass is 9.73. The van der Waals surface area contributed by atoms with Gasteiger partial charge in [0.15, 0.2) is 5.78 Å². The minimum atomic E-state index is -0.501. The summed E-state index contributed by atoms with van der Waals surface area (Å²) in [4.78, 5) is 29.5. The summed E-state index contributed by atoms with van der Waals surface area (Å²) >= 11 is 3.52. The van der Waals surface area contributed by atoms with Crippen LogP contribution in [0.25, 0.3) is 0 Å². The molecule has 1 amide bonds. The number of hydrogen-bond acceptors (Lipinski definition) is 3. The summed E-state index contributed by atoms with van der Waals surface area (Å²) in [7, 11) is 0. The third-order valence-corrected chi connectivity index (χ3v) is 7.08. The fraction of sp³-hybridized carbons (Fsp3) is 0.241. The van der Waals surface area contributed by atoms with E-state index in [1.165, 1.54) is 0 Å². The van der Waals surface area contributed by atoms with Gasteiger partial charge in [-0.15, -0.1) is 0 Å². The van der Waals surface area contributed by atoms with E-state index in [4.69, 9.17) is 0 Å². The molecule has 0 saturated carbocycles. The van der Waals surface area contributed by atoms with Crippen LogP contribution in [0.3, 0.4) is 0 Å². The first-order valence-electron chi connectivity index (χ1n) is 11.6. The predicted molar refractivity (Wildman–Crippen MR) is 140 cm³/mol. The molecule has 0 bridgehead atoms. The Kier molecular flexibility index (Phi) is 5.90. The smallest absolute Gasteiger partial charge is 0.232 e. The van der Waals surface area contributed by atoms with Gasteiger partial charge in [0, 0.05) is 22.2 Å². The van der Waals surface area contributed by atoms with Crippen LogP contribution in [0.2, 0.25) is 0 Å². The Morgan fingerprint density at radius 3 is 2.38 bits per heavy atom. The number of nitrogens with zero attached hydrogens (tertiary/aromatic N) is 1. The van der Waals surface area contributed by atoms with Gasteiger partial charge in [-0.05, 0) is 47.2 Å². The number of ketones is 1. The maximum Gasteiger partial charge on any atom is 0.232 e. The van der Waals surface area contributed by atoms with Crippen molar-refractivity contribution in [2.45, 2.75) is 39.2 Å². The largest absolute Gasteiger partial charge is 0.357 e. The lowest BCUT2D eigenvalue weighted by Crippen LogP contribution is -2.40. The Hall–Kier alpha value is -3.18. The number of halogens is 1. The fourth-order valence-corrected chi connectivity index (χ4v) is 5.34.